The van der Waals surface area contributed by atoms with Gasteiger partial charge in [0, 0.05) is 6.20 Å². The molecule has 0 radical (unpaired) electrons. The second-order valence-corrected chi connectivity index (χ2v) is 6.47. The summed E-state index contributed by atoms with van der Waals surface area (Å²) in [7, 11) is 0. The fourth-order valence-electron chi connectivity index (χ4n) is 2.97. The lowest BCUT2D eigenvalue weighted by Crippen LogP contribution is -2.29. The van der Waals surface area contributed by atoms with Crippen LogP contribution >= 0.6 is 0 Å². The predicted octanol–water partition coefficient (Wildman–Crippen LogP) is 3.31. The number of para-hydroxylation sites is 1. The summed E-state index contributed by atoms with van der Waals surface area (Å²) in [4.78, 5) is 21.2. The maximum Gasteiger partial charge on any atom is 0.258 e. The number of carbonyl (C=O) groups excluding carboxylic acids is 1. The fraction of sp³-hybridized carbons (Fsp3) is 0.136. The maximum absolute atomic E-state index is 13.2. The Balaban J connectivity index is 1.47. The lowest BCUT2D eigenvalue weighted by molar-refractivity contribution is -0.123. The molecular weight excluding hydrogens is 371 g/mol. The molecule has 7 heteroatoms. The number of hydrogen-bond acceptors (Lipinski definition) is 4. The number of halogens is 1. The van der Waals surface area contributed by atoms with E-state index >= 15 is 0 Å². The van der Waals surface area contributed by atoms with Crippen molar-refractivity contribution in [1.29, 1.82) is 0 Å². The molecule has 0 fully saturated rings. The number of ether oxygens (including phenoxy) is 1. The Morgan fingerprint density at radius 3 is 2.62 bits per heavy atom. The number of imidazole rings is 1. The van der Waals surface area contributed by atoms with Gasteiger partial charge in [-0.2, -0.15) is 0 Å². The van der Waals surface area contributed by atoms with Crippen LogP contribution in [0.3, 0.4) is 0 Å². The van der Waals surface area contributed by atoms with Gasteiger partial charge < -0.3 is 14.6 Å². The molecule has 0 saturated carbocycles. The minimum atomic E-state index is -0.284. The molecular formula is C22H19FN4O2. The lowest BCUT2D eigenvalue weighted by atomic mass is 10.2. The first kappa shape index (κ1) is 18.6. The van der Waals surface area contributed by atoms with Gasteiger partial charge in [0.25, 0.3) is 5.91 Å². The first-order chi connectivity index (χ1) is 14.2. The fourth-order valence-corrected chi connectivity index (χ4v) is 2.97. The molecule has 0 unspecified atom stereocenters. The number of amides is 1. The van der Waals surface area contributed by atoms with Crippen LogP contribution < -0.4 is 10.1 Å². The molecule has 6 nitrogen and oxygen atoms in total. The van der Waals surface area contributed by atoms with Gasteiger partial charge in [-0.05, 0) is 42.0 Å². The Hall–Kier alpha value is -3.74. The van der Waals surface area contributed by atoms with Crippen molar-refractivity contribution in [3.63, 3.8) is 0 Å². The molecule has 0 aliphatic carbocycles. The van der Waals surface area contributed by atoms with E-state index in [1.54, 1.807) is 30.5 Å². The number of aromatic nitrogens is 3. The predicted molar refractivity (Wildman–Crippen MR) is 107 cm³/mol. The van der Waals surface area contributed by atoms with E-state index in [1.165, 1.54) is 12.1 Å². The minimum Gasteiger partial charge on any atom is -0.484 e. The average molecular weight is 390 g/mol. The Labute approximate surface area is 167 Å². The van der Waals surface area contributed by atoms with Crippen molar-refractivity contribution in [2.45, 2.75) is 13.1 Å². The van der Waals surface area contributed by atoms with Crippen LogP contribution in [0.1, 0.15) is 11.4 Å². The zero-order valence-electron chi connectivity index (χ0n) is 15.6. The zero-order chi connectivity index (χ0) is 20.1. The second kappa shape index (κ2) is 8.52. The van der Waals surface area contributed by atoms with Gasteiger partial charge in [0.15, 0.2) is 12.3 Å². The van der Waals surface area contributed by atoms with Crippen LogP contribution in [0, 0.1) is 5.82 Å². The van der Waals surface area contributed by atoms with Crippen molar-refractivity contribution in [1.82, 2.24) is 19.9 Å². The molecule has 4 rings (SSSR count). The molecule has 1 amide bonds. The van der Waals surface area contributed by atoms with E-state index in [0.717, 1.165) is 11.1 Å². The SMILES string of the molecule is O=C(COc1ccccc1)NCc1nc2cccnc2n1Cc1ccc(F)cc1. The molecule has 146 valence electrons. The largest absolute Gasteiger partial charge is 0.484 e. The third-order valence-corrected chi connectivity index (χ3v) is 4.39. The molecule has 0 saturated heterocycles. The smallest absolute Gasteiger partial charge is 0.258 e. The van der Waals surface area contributed by atoms with Gasteiger partial charge in [-0.1, -0.05) is 30.3 Å². The quantitative estimate of drug-likeness (QED) is 0.526. The standard InChI is InChI=1S/C22H19FN4O2/c23-17-10-8-16(9-11-17)14-27-20(26-19-7-4-12-24-22(19)27)13-25-21(28)15-29-18-5-2-1-3-6-18/h1-12H,13-15H2,(H,25,28). The Morgan fingerprint density at radius 2 is 1.83 bits per heavy atom. The zero-order valence-corrected chi connectivity index (χ0v) is 15.6. The average Bonchev–Trinajstić information content (AvgIpc) is 3.10. The molecule has 2 aromatic carbocycles. The minimum absolute atomic E-state index is 0.0829. The molecule has 0 spiro atoms. The van der Waals surface area contributed by atoms with Crippen LogP contribution in [0.4, 0.5) is 4.39 Å². The lowest BCUT2D eigenvalue weighted by Gasteiger charge is -2.10. The number of pyridine rings is 1. The van der Waals surface area contributed by atoms with Crippen molar-refractivity contribution >= 4 is 17.1 Å². The van der Waals surface area contributed by atoms with Crippen molar-refractivity contribution in [3.05, 3.63) is 90.1 Å². The first-order valence-corrected chi connectivity index (χ1v) is 9.18. The summed E-state index contributed by atoms with van der Waals surface area (Å²) < 4.78 is 20.6. The first-order valence-electron chi connectivity index (χ1n) is 9.18. The third-order valence-electron chi connectivity index (χ3n) is 4.39. The number of nitrogens with one attached hydrogen (secondary N) is 1. The van der Waals surface area contributed by atoms with Gasteiger partial charge in [0.2, 0.25) is 0 Å². The highest BCUT2D eigenvalue weighted by Gasteiger charge is 2.13. The van der Waals surface area contributed by atoms with Crippen molar-refractivity contribution < 1.29 is 13.9 Å². The highest BCUT2D eigenvalue weighted by Crippen LogP contribution is 2.16. The Morgan fingerprint density at radius 1 is 1.03 bits per heavy atom. The highest BCUT2D eigenvalue weighted by atomic mass is 19.1. The van der Waals surface area contributed by atoms with Crippen LogP contribution in [-0.4, -0.2) is 27.0 Å². The van der Waals surface area contributed by atoms with Gasteiger partial charge in [-0.25, -0.2) is 14.4 Å². The van der Waals surface area contributed by atoms with Gasteiger partial charge in [-0.3, -0.25) is 4.79 Å². The van der Waals surface area contributed by atoms with Gasteiger partial charge >= 0.3 is 0 Å². The van der Waals surface area contributed by atoms with Crippen LogP contribution in [0.5, 0.6) is 5.75 Å². The Kier molecular flexibility index (Phi) is 5.47. The molecule has 0 aliphatic heterocycles. The molecule has 0 aliphatic rings. The van der Waals surface area contributed by atoms with Crippen molar-refractivity contribution in [3.8, 4) is 5.75 Å². The van der Waals surface area contributed by atoms with Crippen molar-refractivity contribution in [2.75, 3.05) is 6.61 Å². The monoisotopic (exact) mass is 390 g/mol. The number of fused-ring (bicyclic) bond motifs is 1. The summed E-state index contributed by atoms with van der Waals surface area (Å²) >= 11 is 0. The number of hydrogen-bond donors (Lipinski definition) is 1. The number of carbonyl (C=O) groups is 1. The topological polar surface area (TPSA) is 69.0 Å². The molecule has 29 heavy (non-hydrogen) atoms. The summed E-state index contributed by atoms with van der Waals surface area (Å²) in [6.45, 7) is 0.620. The Bertz CT molecular complexity index is 1110. The van der Waals surface area contributed by atoms with Crippen LogP contribution in [0.25, 0.3) is 11.2 Å². The van der Waals surface area contributed by atoms with E-state index in [1.807, 2.05) is 34.9 Å². The number of rotatable bonds is 7. The van der Waals surface area contributed by atoms with E-state index in [-0.39, 0.29) is 24.9 Å². The molecule has 4 aromatic rings. The molecule has 0 atom stereocenters. The van der Waals surface area contributed by atoms with Gasteiger partial charge in [0.1, 0.15) is 22.9 Å². The number of benzene rings is 2. The van der Waals surface area contributed by atoms with Gasteiger partial charge in [0.05, 0.1) is 13.1 Å². The van der Waals surface area contributed by atoms with E-state index in [2.05, 4.69) is 15.3 Å². The van der Waals surface area contributed by atoms with Gasteiger partial charge in [-0.15, -0.1) is 0 Å². The van der Waals surface area contributed by atoms with Crippen molar-refractivity contribution in [2.24, 2.45) is 0 Å². The van der Waals surface area contributed by atoms with E-state index in [0.29, 0.717) is 23.8 Å². The van der Waals surface area contributed by atoms with Crippen LogP contribution in [0.15, 0.2) is 72.9 Å². The second-order valence-electron chi connectivity index (χ2n) is 6.47. The van der Waals surface area contributed by atoms with Crippen LogP contribution in [-0.2, 0) is 17.9 Å². The number of nitrogens with zero attached hydrogens (tertiary/aromatic N) is 3. The summed E-state index contributed by atoms with van der Waals surface area (Å²) in [5, 5.41) is 2.83. The normalized spacial score (nSPS) is 10.8. The maximum atomic E-state index is 13.2. The third kappa shape index (κ3) is 4.57. The van der Waals surface area contributed by atoms with E-state index in [4.69, 9.17) is 4.74 Å². The molecule has 1 N–H and O–H groups in total. The summed E-state index contributed by atoms with van der Waals surface area (Å²) in [6, 6.07) is 19.1. The molecule has 2 heterocycles. The van der Waals surface area contributed by atoms with Crippen LogP contribution in [0.2, 0.25) is 0 Å². The molecule has 2 aromatic heterocycles. The summed E-state index contributed by atoms with van der Waals surface area (Å²) in [5.74, 6) is 0.766. The van der Waals surface area contributed by atoms with E-state index < -0.39 is 0 Å². The van der Waals surface area contributed by atoms with E-state index in [9.17, 15) is 9.18 Å². The summed E-state index contributed by atoms with van der Waals surface area (Å²) in [6.07, 6.45) is 1.70. The highest BCUT2D eigenvalue weighted by molar-refractivity contribution is 5.77. The summed E-state index contributed by atoms with van der Waals surface area (Å²) in [5.41, 5.74) is 2.36. The molecule has 0 bridgehead atoms.